The van der Waals surface area contributed by atoms with Gasteiger partial charge < -0.3 is 9.80 Å². The Morgan fingerprint density at radius 3 is 2.26 bits per heavy atom. The van der Waals surface area contributed by atoms with Gasteiger partial charge in [0, 0.05) is 41.1 Å². The molecule has 1 fully saturated rings. The van der Waals surface area contributed by atoms with Crippen LogP contribution in [0, 0.1) is 0 Å². The van der Waals surface area contributed by atoms with Crippen LogP contribution in [0.15, 0.2) is 64.0 Å². The van der Waals surface area contributed by atoms with Gasteiger partial charge in [0.2, 0.25) is 5.91 Å². The first-order valence-corrected chi connectivity index (χ1v) is 10.8. The summed E-state index contributed by atoms with van der Waals surface area (Å²) in [7, 11) is 0. The van der Waals surface area contributed by atoms with Gasteiger partial charge in [-0.05, 0) is 49.7 Å². The fourth-order valence-electron chi connectivity index (χ4n) is 3.13. The molecule has 2 amide bonds. The Labute approximate surface area is 173 Å². The second kappa shape index (κ2) is 9.42. The minimum absolute atomic E-state index is 0.0437. The molecule has 1 aliphatic heterocycles. The van der Waals surface area contributed by atoms with Crippen molar-refractivity contribution in [2.45, 2.75) is 23.5 Å². The fraction of sp³-hybridized carbons (Fsp3) is 0.333. The number of hydrogen-bond donors (Lipinski definition) is 0. The average Bonchev–Trinajstić information content (AvgIpc) is 2.95. The molecular weight excluding hydrogens is 424 g/mol. The van der Waals surface area contributed by atoms with Crippen LogP contribution in [0.2, 0.25) is 0 Å². The lowest BCUT2D eigenvalue weighted by Gasteiger charge is -2.24. The van der Waals surface area contributed by atoms with Crippen LogP contribution in [0.25, 0.3) is 0 Å². The van der Waals surface area contributed by atoms with E-state index in [2.05, 4.69) is 15.9 Å². The average molecular weight is 447 g/mol. The number of carbonyl (C=O) groups excluding carboxylic acids is 2. The molecule has 2 aromatic rings. The van der Waals surface area contributed by atoms with Gasteiger partial charge >= 0.3 is 0 Å². The highest BCUT2D eigenvalue weighted by molar-refractivity contribution is 9.10. The van der Waals surface area contributed by atoms with Crippen LogP contribution in [-0.4, -0.2) is 53.0 Å². The molecule has 0 bridgehead atoms. The highest BCUT2D eigenvalue weighted by atomic mass is 79.9. The molecule has 6 heteroatoms. The third-order valence-electron chi connectivity index (χ3n) is 4.59. The fourth-order valence-corrected chi connectivity index (χ4v) is 4.34. The number of thioether (sulfide) groups is 1. The quantitative estimate of drug-likeness (QED) is 0.657. The molecule has 0 spiro atoms. The van der Waals surface area contributed by atoms with E-state index in [4.69, 9.17) is 0 Å². The van der Waals surface area contributed by atoms with E-state index in [9.17, 15) is 9.59 Å². The van der Waals surface area contributed by atoms with Crippen molar-refractivity contribution in [3.8, 4) is 0 Å². The largest absolute Gasteiger partial charge is 0.340 e. The number of amides is 2. The van der Waals surface area contributed by atoms with Gasteiger partial charge in [0.15, 0.2) is 0 Å². The van der Waals surface area contributed by atoms with E-state index < -0.39 is 0 Å². The molecule has 1 unspecified atom stereocenters. The zero-order valence-corrected chi connectivity index (χ0v) is 17.7. The molecule has 0 saturated carbocycles. The van der Waals surface area contributed by atoms with E-state index in [1.807, 2.05) is 71.3 Å². The number of carbonyl (C=O) groups is 2. The van der Waals surface area contributed by atoms with Gasteiger partial charge in [-0.2, -0.15) is 0 Å². The summed E-state index contributed by atoms with van der Waals surface area (Å²) in [6.07, 6.45) is 0.806. The summed E-state index contributed by atoms with van der Waals surface area (Å²) in [5.41, 5.74) is 0.705. The van der Waals surface area contributed by atoms with E-state index in [1.54, 1.807) is 11.8 Å². The molecule has 1 heterocycles. The van der Waals surface area contributed by atoms with Gasteiger partial charge in [0.25, 0.3) is 5.91 Å². The van der Waals surface area contributed by atoms with Crippen LogP contribution >= 0.6 is 27.7 Å². The summed E-state index contributed by atoms with van der Waals surface area (Å²) >= 11 is 5.00. The van der Waals surface area contributed by atoms with E-state index in [0.29, 0.717) is 31.7 Å². The normalized spacial score (nSPS) is 15.9. The maximum atomic E-state index is 12.9. The molecule has 4 nitrogen and oxygen atoms in total. The highest BCUT2D eigenvalue weighted by Crippen LogP contribution is 2.26. The number of rotatable bonds is 4. The third-order valence-corrected chi connectivity index (χ3v) is 6.22. The second-order valence-electron chi connectivity index (χ2n) is 6.55. The first-order chi connectivity index (χ1) is 13.0. The molecule has 0 radical (unpaired) electrons. The van der Waals surface area contributed by atoms with Crippen molar-refractivity contribution in [3.63, 3.8) is 0 Å². The van der Waals surface area contributed by atoms with Gasteiger partial charge in [-0.15, -0.1) is 11.8 Å². The first kappa shape index (κ1) is 20.0. The maximum absolute atomic E-state index is 12.9. The third kappa shape index (κ3) is 5.36. The Kier molecular flexibility index (Phi) is 6.96. The second-order valence-corrected chi connectivity index (χ2v) is 8.88. The molecule has 142 valence electrons. The zero-order chi connectivity index (χ0) is 19.2. The SMILES string of the molecule is CC(Sc1ccc(Br)cc1)C(=O)N1CCCN(C(=O)c2ccccc2)CC1. The Balaban J connectivity index is 1.57. The monoisotopic (exact) mass is 446 g/mol. The Morgan fingerprint density at radius 2 is 1.56 bits per heavy atom. The molecule has 1 saturated heterocycles. The summed E-state index contributed by atoms with van der Waals surface area (Å²) in [6, 6.07) is 17.3. The number of halogens is 1. The Bertz CT molecular complexity index is 783. The van der Waals surface area contributed by atoms with Crippen LogP contribution in [0.3, 0.4) is 0 Å². The predicted molar refractivity (Wildman–Crippen MR) is 113 cm³/mol. The molecular formula is C21H23BrN2O2S. The van der Waals surface area contributed by atoms with Gasteiger partial charge in [-0.1, -0.05) is 34.1 Å². The van der Waals surface area contributed by atoms with Gasteiger partial charge in [-0.25, -0.2) is 0 Å². The van der Waals surface area contributed by atoms with E-state index in [1.165, 1.54) is 0 Å². The van der Waals surface area contributed by atoms with E-state index >= 15 is 0 Å². The minimum Gasteiger partial charge on any atom is -0.340 e. The lowest BCUT2D eigenvalue weighted by Crippen LogP contribution is -2.40. The van der Waals surface area contributed by atoms with E-state index in [0.717, 1.165) is 15.8 Å². The standard InChI is InChI=1S/C21H23BrN2O2S/c1-16(27-19-10-8-18(22)9-11-19)20(25)23-12-5-13-24(15-14-23)21(26)17-6-3-2-4-7-17/h2-4,6-11,16H,5,12-15H2,1H3. The van der Waals surface area contributed by atoms with Crippen molar-refractivity contribution < 1.29 is 9.59 Å². The molecule has 27 heavy (non-hydrogen) atoms. The van der Waals surface area contributed by atoms with Crippen molar-refractivity contribution in [1.82, 2.24) is 9.80 Å². The van der Waals surface area contributed by atoms with Crippen LogP contribution in [-0.2, 0) is 4.79 Å². The van der Waals surface area contributed by atoms with Gasteiger partial charge in [0.05, 0.1) is 5.25 Å². The van der Waals surface area contributed by atoms with Crippen LogP contribution < -0.4 is 0 Å². The van der Waals surface area contributed by atoms with E-state index in [-0.39, 0.29) is 17.1 Å². The summed E-state index contributed by atoms with van der Waals surface area (Å²) in [4.78, 5) is 30.3. The molecule has 1 aliphatic rings. The van der Waals surface area contributed by atoms with Crippen molar-refractivity contribution >= 4 is 39.5 Å². The first-order valence-electron chi connectivity index (χ1n) is 9.10. The molecule has 0 aromatic heterocycles. The van der Waals surface area contributed by atoms with Gasteiger partial charge in [-0.3, -0.25) is 9.59 Å². The lowest BCUT2D eigenvalue weighted by atomic mass is 10.2. The zero-order valence-electron chi connectivity index (χ0n) is 15.3. The summed E-state index contributed by atoms with van der Waals surface area (Å²) < 4.78 is 1.03. The molecule has 3 rings (SSSR count). The predicted octanol–water partition coefficient (Wildman–Crippen LogP) is 4.30. The van der Waals surface area contributed by atoms with Crippen molar-refractivity contribution in [1.29, 1.82) is 0 Å². The Hall–Kier alpha value is -1.79. The molecule has 1 atom stereocenters. The summed E-state index contributed by atoms with van der Waals surface area (Å²) in [5, 5.41) is -0.150. The van der Waals surface area contributed by atoms with Gasteiger partial charge in [0.1, 0.15) is 0 Å². The number of hydrogen-bond acceptors (Lipinski definition) is 3. The summed E-state index contributed by atoms with van der Waals surface area (Å²) in [6.45, 7) is 4.50. The number of nitrogens with zero attached hydrogens (tertiary/aromatic N) is 2. The molecule has 2 aromatic carbocycles. The minimum atomic E-state index is -0.150. The maximum Gasteiger partial charge on any atom is 0.253 e. The van der Waals surface area contributed by atoms with Crippen LogP contribution in [0.1, 0.15) is 23.7 Å². The summed E-state index contributed by atoms with van der Waals surface area (Å²) in [5.74, 6) is 0.180. The topological polar surface area (TPSA) is 40.6 Å². The lowest BCUT2D eigenvalue weighted by molar-refractivity contribution is -0.130. The molecule has 0 aliphatic carbocycles. The van der Waals surface area contributed by atoms with Crippen molar-refractivity contribution in [2.24, 2.45) is 0 Å². The Morgan fingerprint density at radius 1 is 0.926 bits per heavy atom. The van der Waals surface area contributed by atoms with Crippen molar-refractivity contribution in [2.75, 3.05) is 26.2 Å². The van der Waals surface area contributed by atoms with Crippen LogP contribution in [0.5, 0.6) is 0 Å². The van der Waals surface area contributed by atoms with Crippen molar-refractivity contribution in [3.05, 3.63) is 64.6 Å². The highest BCUT2D eigenvalue weighted by Gasteiger charge is 2.26. The molecule has 0 N–H and O–H groups in total. The van der Waals surface area contributed by atoms with Crippen LogP contribution in [0.4, 0.5) is 0 Å². The number of benzene rings is 2. The smallest absolute Gasteiger partial charge is 0.253 e.